The van der Waals surface area contributed by atoms with Gasteiger partial charge in [0.1, 0.15) is 0 Å². The zero-order valence-corrected chi connectivity index (χ0v) is 26.2. The molecule has 0 bridgehead atoms. The fraction of sp³-hybridized carbons (Fsp3) is 0.429. The number of pyridine rings is 1. The number of aromatic nitrogens is 1. The molecule has 2 nitrogen and oxygen atoms in total. The number of allylic oxidation sites excluding steroid dienone is 7. The van der Waals surface area contributed by atoms with Crippen molar-refractivity contribution in [2.75, 3.05) is 7.05 Å². The van der Waals surface area contributed by atoms with E-state index in [0.29, 0.717) is 5.92 Å². The van der Waals surface area contributed by atoms with Crippen LogP contribution in [0.25, 0.3) is 6.08 Å². The van der Waals surface area contributed by atoms with Gasteiger partial charge in [-0.25, -0.2) is 0 Å². The molecule has 2 aromatic rings. The van der Waals surface area contributed by atoms with Gasteiger partial charge in [0.2, 0.25) is 0 Å². The summed E-state index contributed by atoms with van der Waals surface area (Å²) in [6, 6.07) is 8.25. The molecule has 1 atom stereocenters. The van der Waals surface area contributed by atoms with E-state index in [2.05, 4.69) is 113 Å². The maximum Gasteiger partial charge on any atom is 0.0299 e. The molecule has 0 amide bonds. The summed E-state index contributed by atoms with van der Waals surface area (Å²) in [4.78, 5) is 9.12. The van der Waals surface area contributed by atoms with Gasteiger partial charge < -0.3 is 0 Å². The Hall–Kier alpha value is -2.78. The van der Waals surface area contributed by atoms with Crippen molar-refractivity contribution in [3.63, 3.8) is 0 Å². The van der Waals surface area contributed by atoms with E-state index in [1.54, 1.807) is 24.6 Å². The number of nitrogens with zero attached hydrogens (tertiary/aromatic N) is 2. The van der Waals surface area contributed by atoms with E-state index in [-0.39, 0.29) is 0 Å². The molecule has 0 aromatic carbocycles. The van der Waals surface area contributed by atoms with Crippen LogP contribution in [-0.4, -0.2) is 18.2 Å². The fourth-order valence-electron chi connectivity index (χ4n) is 3.53. The first-order valence-corrected chi connectivity index (χ1v) is 14.7. The highest BCUT2D eigenvalue weighted by Crippen LogP contribution is 2.25. The molecule has 38 heavy (non-hydrogen) atoms. The summed E-state index contributed by atoms with van der Waals surface area (Å²) >= 11 is 1.76. The van der Waals surface area contributed by atoms with E-state index in [4.69, 9.17) is 0 Å². The van der Waals surface area contributed by atoms with Crippen LogP contribution >= 0.6 is 11.3 Å². The molecule has 0 spiro atoms. The lowest BCUT2D eigenvalue weighted by atomic mass is 9.88. The summed E-state index contributed by atoms with van der Waals surface area (Å²) in [5, 5.41) is 2.10. The Labute approximate surface area is 238 Å². The molecule has 0 fully saturated rings. The predicted octanol–water partition coefficient (Wildman–Crippen LogP) is 11.1. The second kappa shape index (κ2) is 22.2. The lowest BCUT2D eigenvalue weighted by Crippen LogP contribution is -2.02. The van der Waals surface area contributed by atoms with Crippen LogP contribution in [0.3, 0.4) is 0 Å². The van der Waals surface area contributed by atoms with Gasteiger partial charge >= 0.3 is 0 Å². The standard InChI is InChI=1S/C21H30S.C7H9N.C7H13N/c1-6-9-20(19(5)16-17(2)3)11-7-10-18(4)13-14-21-12-8-15-22-21;1-2-7-4-3-5-8-6-7;1-6(2)7(3)5-8-4/h8,12-16,20H,4-7,9-11H2,1-3H3;3-6H,2H2,1H3;5H,1-4H3/b14-13+;;. The van der Waals surface area contributed by atoms with Crippen LogP contribution in [0.1, 0.15) is 91.0 Å². The monoisotopic (exact) mass is 532 g/mol. The lowest BCUT2D eigenvalue weighted by molar-refractivity contribution is 0.501. The Morgan fingerprint density at radius 2 is 1.79 bits per heavy atom. The minimum absolute atomic E-state index is 0.619. The molecule has 0 aliphatic rings. The Kier molecular flexibility index (Phi) is 20.6. The second-order valence-electron chi connectivity index (χ2n) is 9.97. The molecule has 208 valence electrons. The number of aryl methyl sites for hydroxylation is 1. The Bertz CT molecular complexity index is 1010. The molecule has 0 aliphatic carbocycles. The van der Waals surface area contributed by atoms with Crippen LogP contribution in [0, 0.1) is 5.92 Å². The minimum atomic E-state index is 0.619. The van der Waals surface area contributed by atoms with Crippen LogP contribution in [0.5, 0.6) is 0 Å². The van der Waals surface area contributed by atoms with Gasteiger partial charge in [-0.3, -0.25) is 9.98 Å². The highest BCUT2D eigenvalue weighted by molar-refractivity contribution is 7.10. The summed E-state index contributed by atoms with van der Waals surface area (Å²) in [7, 11) is 1.78. The molecule has 0 saturated carbocycles. The number of thiophene rings is 1. The minimum Gasteiger partial charge on any atom is -0.296 e. The first kappa shape index (κ1) is 35.2. The van der Waals surface area contributed by atoms with Crippen LogP contribution in [0.4, 0.5) is 0 Å². The van der Waals surface area contributed by atoms with Gasteiger partial charge in [-0.2, -0.15) is 0 Å². The van der Waals surface area contributed by atoms with E-state index in [1.165, 1.54) is 64.0 Å². The molecule has 2 heterocycles. The van der Waals surface area contributed by atoms with Gasteiger partial charge in [0.15, 0.2) is 0 Å². The largest absolute Gasteiger partial charge is 0.296 e. The zero-order chi connectivity index (χ0) is 28.8. The van der Waals surface area contributed by atoms with Crippen molar-refractivity contribution in [1.82, 2.24) is 4.98 Å². The average Bonchev–Trinajstić information content (AvgIpc) is 3.42. The normalized spacial score (nSPS) is 11.2. The van der Waals surface area contributed by atoms with Gasteiger partial charge in [-0.1, -0.05) is 80.0 Å². The molecular formula is C35H52N2S. The molecule has 1 unspecified atom stereocenters. The van der Waals surface area contributed by atoms with Crippen LogP contribution in [0.15, 0.2) is 100 Å². The molecule has 0 radical (unpaired) electrons. The van der Waals surface area contributed by atoms with Crippen LogP contribution < -0.4 is 0 Å². The summed E-state index contributed by atoms with van der Waals surface area (Å²) < 4.78 is 0. The number of rotatable bonds is 12. The zero-order valence-electron chi connectivity index (χ0n) is 25.4. The lowest BCUT2D eigenvalue weighted by Gasteiger charge is -2.17. The van der Waals surface area contributed by atoms with E-state index in [9.17, 15) is 0 Å². The van der Waals surface area contributed by atoms with E-state index in [0.717, 1.165) is 12.8 Å². The predicted molar refractivity (Wildman–Crippen MR) is 175 cm³/mol. The van der Waals surface area contributed by atoms with Crippen LogP contribution in [-0.2, 0) is 6.42 Å². The topological polar surface area (TPSA) is 25.2 Å². The highest BCUT2D eigenvalue weighted by atomic mass is 32.1. The van der Waals surface area contributed by atoms with E-state index < -0.39 is 0 Å². The second-order valence-corrected chi connectivity index (χ2v) is 10.9. The van der Waals surface area contributed by atoms with Crippen molar-refractivity contribution in [1.29, 1.82) is 0 Å². The summed E-state index contributed by atoms with van der Waals surface area (Å²) in [5.74, 6) is 0.619. The Morgan fingerprint density at radius 1 is 1.05 bits per heavy atom. The van der Waals surface area contributed by atoms with Crippen molar-refractivity contribution in [2.45, 2.75) is 87.0 Å². The fourth-order valence-corrected chi connectivity index (χ4v) is 4.15. The van der Waals surface area contributed by atoms with Gasteiger partial charge in [-0.05, 0) is 107 Å². The Morgan fingerprint density at radius 3 is 2.24 bits per heavy atom. The first-order chi connectivity index (χ1) is 18.1. The van der Waals surface area contributed by atoms with Crippen molar-refractivity contribution >= 4 is 23.6 Å². The summed E-state index contributed by atoms with van der Waals surface area (Å²) in [5.41, 5.74) is 7.74. The maximum atomic E-state index is 4.27. The van der Waals surface area contributed by atoms with Gasteiger partial charge in [0, 0.05) is 30.5 Å². The van der Waals surface area contributed by atoms with Gasteiger partial charge in [0.05, 0.1) is 0 Å². The third-order valence-corrected chi connectivity index (χ3v) is 6.79. The molecular weight excluding hydrogens is 480 g/mol. The quantitative estimate of drug-likeness (QED) is 0.197. The summed E-state index contributed by atoms with van der Waals surface area (Å²) in [6.07, 6.45) is 19.1. The maximum absolute atomic E-state index is 4.27. The first-order valence-electron chi connectivity index (χ1n) is 13.8. The SMILES string of the molecule is C=C(/C=C/c1cccs1)CCCC(CCC)C(=C)C=C(C)C.CCc1cccnc1.CN=CC(C)=C(C)C. The van der Waals surface area contributed by atoms with Crippen molar-refractivity contribution < 1.29 is 0 Å². The van der Waals surface area contributed by atoms with Crippen molar-refractivity contribution in [3.05, 3.63) is 106 Å². The van der Waals surface area contributed by atoms with Crippen molar-refractivity contribution in [2.24, 2.45) is 10.9 Å². The van der Waals surface area contributed by atoms with E-state index >= 15 is 0 Å². The molecule has 2 aromatic heterocycles. The Balaban J connectivity index is 0.000000694. The average molecular weight is 533 g/mol. The van der Waals surface area contributed by atoms with Crippen molar-refractivity contribution in [3.8, 4) is 0 Å². The van der Waals surface area contributed by atoms with Crippen LogP contribution in [0.2, 0.25) is 0 Å². The number of hydrogen-bond donors (Lipinski definition) is 0. The molecule has 0 saturated heterocycles. The number of hydrogen-bond acceptors (Lipinski definition) is 3. The molecule has 2 rings (SSSR count). The van der Waals surface area contributed by atoms with Gasteiger partial charge in [0.25, 0.3) is 0 Å². The molecule has 0 N–H and O–H groups in total. The third kappa shape index (κ3) is 18.5. The smallest absolute Gasteiger partial charge is 0.0299 e. The summed E-state index contributed by atoms with van der Waals surface area (Å²) in [6.45, 7) is 23.3. The molecule has 3 heteroatoms. The third-order valence-electron chi connectivity index (χ3n) is 5.96. The number of aliphatic imine (C=N–C) groups is 1. The highest BCUT2D eigenvalue weighted by Gasteiger charge is 2.10. The van der Waals surface area contributed by atoms with E-state index in [1.807, 2.05) is 18.5 Å². The van der Waals surface area contributed by atoms with Gasteiger partial charge in [-0.15, -0.1) is 11.3 Å². The molecule has 0 aliphatic heterocycles.